The fraction of sp³-hybridized carbons (Fsp3) is 0.136. The third-order valence-corrected chi connectivity index (χ3v) is 6.12. The number of carbonyl (C=O) groups is 2. The normalized spacial score (nSPS) is 15.6. The third-order valence-electron chi connectivity index (χ3n) is 4.81. The summed E-state index contributed by atoms with van der Waals surface area (Å²) in [6.07, 6.45) is 4.56. The number of hydrogen-bond donors (Lipinski definition) is 1. The molecule has 2 heterocycles. The summed E-state index contributed by atoms with van der Waals surface area (Å²) < 4.78 is 2.36. The summed E-state index contributed by atoms with van der Waals surface area (Å²) in [5.41, 5.74) is 9.16. The first-order valence-electron chi connectivity index (χ1n) is 9.21. The van der Waals surface area contributed by atoms with Crippen molar-refractivity contribution >= 4 is 62.8 Å². The van der Waals surface area contributed by atoms with Crippen LogP contribution in [0.3, 0.4) is 0 Å². The van der Waals surface area contributed by atoms with Gasteiger partial charge in [-0.15, -0.1) is 0 Å². The molecule has 0 atom stereocenters. The van der Waals surface area contributed by atoms with E-state index >= 15 is 0 Å². The summed E-state index contributed by atoms with van der Waals surface area (Å²) in [6.45, 7) is 2.16. The predicted octanol–water partition coefficient (Wildman–Crippen LogP) is 4.09. The van der Waals surface area contributed by atoms with Gasteiger partial charge in [-0.3, -0.25) is 14.5 Å². The number of thioether (sulfide) groups is 1. The van der Waals surface area contributed by atoms with Crippen LogP contribution in [0, 0.1) is 0 Å². The molecule has 0 bridgehead atoms. The van der Waals surface area contributed by atoms with Gasteiger partial charge in [-0.05, 0) is 30.2 Å². The van der Waals surface area contributed by atoms with E-state index in [1.54, 1.807) is 4.90 Å². The van der Waals surface area contributed by atoms with Crippen LogP contribution in [0.15, 0.2) is 59.6 Å². The molecule has 1 fully saturated rings. The lowest BCUT2D eigenvalue weighted by Crippen LogP contribution is -2.27. The topological polar surface area (TPSA) is 68.3 Å². The Morgan fingerprint density at radius 2 is 1.93 bits per heavy atom. The summed E-state index contributed by atoms with van der Waals surface area (Å²) in [6, 6.07) is 15.4. The van der Waals surface area contributed by atoms with Crippen molar-refractivity contribution in [1.82, 2.24) is 4.57 Å². The molecule has 0 spiro atoms. The molecule has 0 unspecified atom stereocenters. The first-order valence-corrected chi connectivity index (χ1v) is 10.4. The van der Waals surface area contributed by atoms with Crippen molar-refractivity contribution in [1.29, 1.82) is 0 Å². The highest BCUT2D eigenvalue weighted by atomic mass is 32.2. The maximum atomic E-state index is 13.0. The highest BCUT2D eigenvalue weighted by Crippen LogP contribution is 2.37. The SMILES string of the molecule is CCc1cccc2c(/C=C3\SC(=S)N(c4ccccc4)C3=O)cn(CC(N)=O)c12. The van der Waals surface area contributed by atoms with Crippen LogP contribution in [0.5, 0.6) is 0 Å². The summed E-state index contributed by atoms with van der Waals surface area (Å²) in [4.78, 5) is 26.7. The molecule has 2 aromatic carbocycles. The molecule has 0 aliphatic carbocycles. The van der Waals surface area contributed by atoms with Crippen molar-refractivity contribution in [3.8, 4) is 0 Å². The Morgan fingerprint density at radius 1 is 1.17 bits per heavy atom. The number of benzene rings is 2. The van der Waals surface area contributed by atoms with Crippen LogP contribution in [-0.4, -0.2) is 20.7 Å². The van der Waals surface area contributed by atoms with E-state index in [4.69, 9.17) is 18.0 Å². The van der Waals surface area contributed by atoms with Crippen LogP contribution in [0.4, 0.5) is 5.69 Å². The van der Waals surface area contributed by atoms with Crippen molar-refractivity contribution in [3.05, 3.63) is 70.8 Å². The van der Waals surface area contributed by atoms with Gasteiger partial charge in [-0.1, -0.05) is 67.3 Å². The molecule has 1 saturated heterocycles. The molecule has 0 radical (unpaired) electrons. The lowest BCUT2D eigenvalue weighted by Gasteiger charge is -2.13. The Labute approximate surface area is 178 Å². The summed E-state index contributed by atoms with van der Waals surface area (Å²) in [5.74, 6) is -0.552. The monoisotopic (exact) mass is 421 g/mol. The predicted molar refractivity (Wildman–Crippen MR) is 123 cm³/mol. The lowest BCUT2D eigenvalue weighted by molar-refractivity contribution is -0.118. The van der Waals surface area contributed by atoms with Gasteiger partial charge in [0.1, 0.15) is 6.54 Å². The van der Waals surface area contributed by atoms with E-state index < -0.39 is 5.91 Å². The number of anilines is 1. The zero-order valence-corrected chi connectivity index (χ0v) is 17.4. The van der Waals surface area contributed by atoms with E-state index in [1.165, 1.54) is 11.8 Å². The third kappa shape index (κ3) is 3.59. The van der Waals surface area contributed by atoms with Crippen LogP contribution in [-0.2, 0) is 22.6 Å². The van der Waals surface area contributed by atoms with Gasteiger partial charge in [-0.2, -0.15) is 0 Å². The van der Waals surface area contributed by atoms with Gasteiger partial charge < -0.3 is 10.3 Å². The maximum absolute atomic E-state index is 13.0. The van der Waals surface area contributed by atoms with Crippen LogP contribution in [0.1, 0.15) is 18.1 Å². The van der Waals surface area contributed by atoms with Crippen LogP contribution >= 0.6 is 24.0 Å². The van der Waals surface area contributed by atoms with Crippen molar-refractivity contribution < 1.29 is 9.59 Å². The summed E-state index contributed by atoms with van der Waals surface area (Å²) in [5, 5.41) is 0.982. The van der Waals surface area contributed by atoms with E-state index in [1.807, 2.05) is 65.4 Å². The van der Waals surface area contributed by atoms with Gasteiger partial charge in [0.15, 0.2) is 4.32 Å². The number of rotatable bonds is 5. The average Bonchev–Trinajstić information content (AvgIpc) is 3.19. The highest BCUT2D eigenvalue weighted by Gasteiger charge is 2.33. The molecule has 1 aliphatic heterocycles. The largest absolute Gasteiger partial charge is 0.368 e. The number of nitrogens with two attached hydrogens (primary N) is 1. The molecule has 7 heteroatoms. The molecule has 3 aromatic rings. The molecule has 1 aliphatic rings. The van der Waals surface area contributed by atoms with E-state index in [0.717, 1.165) is 34.1 Å². The Morgan fingerprint density at radius 3 is 2.62 bits per heavy atom. The number of carbonyl (C=O) groups excluding carboxylic acids is 2. The maximum Gasteiger partial charge on any atom is 0.270 e. The van der Waals surface area contributed by atoms with Crippen molar-refractivity contribution in [3.63, 3.8) is 0 Å². The number of amides is 2. The summed E-state index contributed by atoms with van der Waals surface area (Å²) in [7, 11) is 0. The zero-order valence-electron chi connectivity index (χ0n) is 15.8. The quantitative estimate of drug-likeness (QED) is 0.498. The van der Waals surface area contributed by atoms with Crippen LogP contribution in [0.25, 0.3) is 17.0 Å². The second kappa shape index (κ2) is 7.85. The smallest absolute Gasteiger partial charge is 0.270 e. The van der Waals surface area contributed by atoms with Crippen molar-refractivity contribution in [2.75, 3.05) is 4.90 Å². The van der Waals surface area contributed by atoms with Gasteiger partial charge in [0.25, 0.3) is 5.91 Å². The molecule has 0 saturated carbocycles. The number of hydrogen-bond acceptors (Lipinski definition) is 4. The molecule has 2 amide bonds. The van der Waals surface area contributed by atoms with Gasteiger partial charge in [-0.25, -0.2) is 0 Å². The number of primary amides is 1. The molecule has 2 N–H and O–H groups in total. The fourth-order valence-corrected chi connectivity index (χ4v) is 4.86. The number of aryl methyl sites for hydroxylation is 1. The van der Waals surface area contributed by atoms with E-state index in [2.05, 4.69) is 6.92 Å². The number of nitrogens with zero attached hydrogens (tertiary/aromatic N) is 2. The molecular weight excluding hydrogens is 402 g/mol. The Hall–Kier alpha value is -2.90. The Kier molecular flexibility index (Phi) is 5.25. The van der Waals surface area contributed by atoms with Crippen molar-refractivity contribution in [2.45, 2.75) is 19.9 Å². The molecule has 1 aromatic heterocycles. The van der Waals surface area contributed by atoms with Gasteiger partial charge >= 0.3 is 0 Å². The second-order valence-electron chi connectivity index (χ2n) is 6.70. The van der Waals surface area contributed by atoms with Gasteiger partial charge in [0, 0.05) is 17.1 Å². The minimum absolute atomic E-state index is 0.0896. The lowest BCUT2D eigenvalue weighted by atomic mass is 10.1. The number of thiocarbonyl (C=S) groups is 1. The Balaban J connectivity index is 1.80. The van der Waals surface area contributed by atoms with E-state index in [-0.39, 0.29) is 12.5 Å². The standard InChI is InChI=1S/C22H19N3O2S2/c1-2-14-7-6-10-17-15(12-24(20(14)17)13-19(23)26)11-18-21(27)25(22(28)29-18)16-8-4-3-5-9-16/h3-12H,2,13H2,1H3,(H2,23,26)/b18-11-. The van der Waals surface area contributed by atoms with Gasteiger partial charge in [0.2, 0.25) is 5.91 Å². The minimum atomic E-state index is -0.408. The molecule has 4 rings (SSSR count). The van der Waals surface area contributed by atoms with E-state index in [9.17, 15) is 9.59 Å². The molecule has 5 nitrogen and oxygen atoms in total. The van der Waals surface area contributed by atoms with Crippen LogP contribution < -0.4 is 10.6 Å². The average molecular weight is 422 g/mol. The first kappa shape index (κ1) is 19.4. The van der Waals surface area contributed by atoms with Gasteiger partial charge in [0.05, 0.1) is 16.1 Å². The second-order valence-corrected chi connectivity index (χ2v) is 8.37. The van der Waals surface area contributed by atoms with Crippen molar-refractivity contribution in [2.24, 2.45) is 5.73 Å². The molecule has 146 valence electrons. The number of fused-ring (bicyclic) bond motifs is 1. The molecular formula is C22H19N3O2S2. The highest BCUT2D eigenvalue weighted by molar-refractivity contribution is 8.27. The summed E-state index contributed by atoms with van der Waals surface area (Å²) >= 11 is 6.73. The molecule has 29 heavy (non-hydrogen) atoms. The minimum Gasteiger partial charge on any atom is -0.368 e. The number of para-hydroxylation sites is 2. The van der Waals surface area contributed by atoms with E-state index in [0.29, 0.717) is 9.23 Å². The first-order chi connectivity index (χ1) is 14.0. The zero-order chi connectivity index (χ0) is 20.5. The fourth-order valence-electron chi connectivity index (χ4n) is 3.57. The number of aromatic nitrogens is 1. The Bertz CT molecular complexity index is 1170. The van der Waals surface area contributed by atoms with Crippen LogP contribution in [0.2, 0.25) is 0 Å².